The number of nitrogens with zero attached hydrogens (tertiary/aromatic N) is 2. The van der Waals surface area contributed by atoms with Crippen molar-refractivity contribution in [3.63, 3.8) is 0 Å². The van der Waals surface area contributed by atoms with Gasteiger partial charge in [0.2, 0.25) is 5.91 Å². The van der Waals surface area contributed by atoms with Gasteiger partial charge in [0.25, 0.3) is 0 Å². The summed E-state index contributed by atoms with van der Waals surface area (Å²) >= 11 is 0. The quantitative estimate of drug-likeness (QED) is 0.758. The average Bonchev–Trinajstić information content (AvgIpc) is 3.01. The van der Waals surface area contributed by atoms with E-state index in [-0.39, 0.29) is 18.2 Å². The van der Waals surface area contributed by atoms with E-state index in [2.05, 4.69) is 21.0 Å². The first-order valence-corrected chi connectivity index (χ1v) is 8.14. The molecule has 138 valence electrons. The van der Waals surface area contributed by atoms with Crippen molar-refractivity contribution in [1.82, 2.24) is 15.1 Å². The maximum absolute atomic E-state index is 13.8. The number of nitrogens with one attached hydrogen (secondary N) is 3. The molecule has 0 spiro atoms. The minimum Gasteiger partial charge on any atom is -0.382 e. The molecule has 3 amide bonds. The second-order valence-corrected chi connectivity index (χ2v) is 6.02. The van der Waals surface area contributed by atoms with Gasteiger partial charge in [0.05, 0.1) is 29.7 Å². The van der Waals surface area contributed by atoms with Gasteiger partial charge in [-0.25, -0.2) is 9.18 Å². The Labute approximate surface area is 149 Å². The number of hydrogen-bond acceptors (Lipinski definition) is 4. The van der Waals surface area contributed by atoms with Crippen molar-refractivity contribution in [2.75, 3.05) is 24.4 Å². The monoisotopic (exact) mass is 361 g/mol. The van der Waals surface area contributed by atoms with Gasteiger partial charge in [-0.15, -0.1) is 0 Å². The molecule has 0 radical (unpaired) electrons. The fraction of sp³-hybridized carbons (Fsp3) is 0.353. The summed E-state index contributed by atoms with van der Waals surface area (Å²) in [7, 11) is 3.29. The Hall–Kier alpha value is -2.94. The third kappa shape index (κ3) is 3.83. The summed E-state index contributed by atoms with van der Waals surface area (Å²) in [6.07, 6.45) is 2.34. The number of hydrogen-bond donors (Lipinski definition) is 3. The summed E-state index contributed by atoms with van der Waals surface area (Å²) < 4.78 is 20.6. The second-order valence-electron chi connectivity index (χ2n) is 6.02. The molecule has 0 saturated carbocycles. The van der Waals surface area contributed by atoms with Crippen molar-refractivity contribution in [3.8, 4) is 0 Å². The Morgan fingerprint density at radius 2 is 2.27 bits per heavy atom. The number of ether oxygens (including phenoxy) is 1. The zero-order valence-corrected chi connectivity index (χ0v) is 14.5. The van der Waals surface area contributed by atoms with Crippen LogP contribution in [0.5, 0.6) is 0 Å². The van der Waals surface area contributed by atoms with E-state index < -0.39 is 17.9 Å². The highest BCUT2D eigenvalue weighted by atomic mass is 19.1. The molecule has 26 heavy (non-hydrogen) atoms. The number of carbonyl (C=O) groups excluding carboxylic acids is 2. The fourth-order valence-corrected chi connectivity index (χ4v) is 2.97. The summed E-state index contributed by atoms with van der Waals surface area (Å²) in [4.78, 5) is 24.1. The summed E-state index contributed by atoms with van der Waals surface area (Å²) in [6, 6.07) is 3.34. The third-order valence-corrected chi connectivity index (χ3v) is 4.17. The van der Waals surface area contributed by atoms with E-state index in [0.29, 0.717) is 24.1 Å². The highest BCUT2D eigenvalue weighted by molar-refractivity contribution is 6.01. The average molecular weight is 361 g/mol. The van der Waals surface area contributed by atoms with Gasteiger partial charge in [-0.2, -0.15) is 5.10 Å². The number of aryl methyl sites for hydroxylation is 2. The van der Waals surface area contributed by atoms with Crippen molar-refractivity contribution in [2.24, 2.45) is 7.05 Å². The number of benzene rings is 1. The van der Waals surface area contributed by atoms with E-state index in [1.807, 2.05) is 0 Å². The first-order valence-electron chi connectivity index (χ1n) is 8.14. The Morgan fingerprint density at radius 3 is 2.96 bits per heavy atom. The maximum atomic E-state index is 13.8. The lowest BCUT2D eigenvalue weighted by molar-refractivity contribution is -0.116. The molecule has 1 atom stereocenters. The summed E-state index contributed by atoms with van der Waals surface area (Å²) in [5.41, 5.74) is 2.06. The van der Waals surface area contributed by atoms with Crippen LogP contribution in [0.3, 0.4) is 0 Å². The zero-order valence-electron chi connectivity index (χ0n) is 14.5. The molecule has 0 unspecified atom stereocenters. The van der Waals surface area contributed by atoms with Gasteiger partial charge in [-0.1, -0.05) is 0 Å². The molecule has 0 saturated heterocycles. The molecule has 2 aromatic rings. The van der Waals surface area contributed by atoms with Crippen molar-refractivity contribution < 1.29 is 18.7 Å². The number of carbonyl (C=O) groups is 2. The van der Waals surface area contributed by atoms with Crippen molar-refractivity contribution >= 4 is 23.3 Å². The van der Waals surface area contributed by atoms with Crippen LogP contribution < -0.4 is 16.0 Å². The van der Waals surface area contributed by atoms with Crippen LogP contribution in [0.1, 0.15) is 23.7 Å². The normalized spacial score (nSPS) is 14.3. The summed E-state index contributed by atoms with van der Waals surface area (Å²) in [5, 5.41) is 12.2. The molecule has 1 aliphatic heterocycles. The van der Waals surface area contributed by atoms with Gasteiger partial charge in [0.15, 0.2) is 0 Å². The molecule has 1 aromatic heterocycles. The fourth-order valence-electron chi connectivity index (χ4n) is 2.97. The summed E-state index contributed by atoms with van der Waals surface area (Å²) in [6.45, 7) is 0.241. The molecule has 8 nitrogen and oxygen atoms in total. The van der Waals surface area contributed by atoms with E-state index in [0.717, 1.165) is 5.69 Å². The predicted octanol–water partition coefficient (Wildman–Crippen LogP) is 1.95. The smallest absolute Gasteiger partial charge is 0.319 e. The molecule has 0 aliphatic carbocycles. The number of methoxy groups -OCH3 is 1. The number of rotatable bonds is 5. The molecule has 1 aromatic carbocycles. The Balaban J connectivity index is 1.78. The van der Waals surface area contributed by atoms with Gasteiger partial charge in [-0.3, -0.25) is 9.48 Å². The van der Waals surface area contributed by atoms with E-state index in [1.165, 1.54) is 19.2 Å². The molecule has 9 heteroatoms. The maximum Gasteiger partial charge on any atom is 0.319 e. The van der Waals surface area contributed by atoms with Crippen molar-refractivity contribution in [3.05, 3.63) is 41.5 Å². The number of halogens is 1. The number of aromatic nitrogens is 2. The Morgan fingerprint density at radius 1 is 1.46 bits per heavy atom. The van der Waals surface area contributed by atoms with Crippen LogP contribution in [0.25, 0.3) is 0 Å². The van der Waals surface area contributed by atoms with E-state index in [4.69, 9.17) is 4.74 Å². The topological polar surface area (TPSA) is 97.3 Å². The lowest BCUT2D eigenvalue weighted by atomic mass is 10.0. The molecule has 3 rings (SSSR count). The minimum absolute atomic E-state index is 0.167. The SMILES string of the molecule is COC[C@H](NC(=O)Nc1cc(F)cc2c1NC(=O)CC2)c1ccnn1C. The lowest BCUT2D eigenvalue weighted by Gasteiger charge is -2.22. The van der Waals surface area contributed by atoms with Gasteiger partial charge in [-0.05, 0) is 30.2 Å². The molecule has 2 heterocycles. The van der Waals surface area contributed by atoms with Gasteiger partial charge >= 0.3 is 6.03 Å². The van der Waals surface area contributed by atoms with Gasteiger partial charge in [0.1, 0.15) is 5.82 Å². The van der Waals surface area contributed by atoms with E-state index >= 15 is 0 Å². The van der Waals surface area contributed by atoms with Crippen LogP contribution in [0, 0.1) is 5.82 Å². The van der Waals surface area contributed by atoms with Crippen molar-refractivity contribution in [2.45, 2.75) is 18.9 Å². The second kappa shape index (κ2) is 7.52. The highest BCUT2D eigenvalue weighted by Gasteiger charge is 2.22. The van der Waals surface area contributed by atoms with Crippen LogP contribution >= 0.6 is 0 Å². The predicted molar refractivity (Wildman–Crippen MR) is 93.3 cm³/mol. The molecule has 0 fully saturated rings. The molecular weight excluding hydrogens is 341 g/mol. The number of urea groups is 1. The zero-order chi connectivity index (χ0) is 18.7. The van der Waals surface area contributed by atoms with Crippen LogP contribution in [0.15, 0.2) is 24.4 Å². The van der Waals surface area contributed by atoms with Gasteiger partial charge in [0, 0.05) is 26.8 Å². The minimum atomic E-state index is -0.541. The third-order valence-electron chi connectivity index (χ3n) is 4.17. The van der Waals surface area contributed by atoms with Crippen LogP contribution in [-0.4, -0.2) is 35.4 Å². The summed E-state index contributed by atoms with van der Waals surface area (Å²) in [5.74, 6) is -0.644. The van der Waals surface area contributed by atoms with Crippen LogP contribution in [-0.2, 0) is 23.0 Å². The van der Waals surface area contributed by atoms with Gasteiger partial charge < -0.3 is 20.7 Å². The molecular formula is C17H20FN5O3. The first kappa shape index (κ1) is 17.9. The van der Waals surface area contributed by atoms with Crippen molar-refractivity contribution in [1.29, 1.82) is 0 Å². The molecule has 0 bridgehead atoms. The van der Waals surface area contributed by atoms with Crippen LogP contribution in [0.4, 0.5) is 20.6 Å². The van der Waals surface area contributed by atoms with Crippen LogP contribution in [0.2, 0.25) is 0 Å². The lowest BCUT2D eigenvalue weighted by Crippen LogP contribution is -2.36. The standard InChI is InChI=1S/C17H20FN5O3/c1-23-14(5-6-19-23)13(9-26-2)21-17(25)20-12-8-11(18)7-10-3-4-15(24)22-16(10)12/h5-8,13H,3-4,9H2,1-2H3,(H,22,24)(H2,20,21,25)/t13-/m0/s1. The number of fused-ring (bicyclic) bond motifs is 1. The Bertz CT molecular complexity index is 836. The largest absolute Gasteiger partial charge is 0.382 e. The van der Waals surface area contributed by atoms with E-state index in [1.54, 1.807) is 24.0 Å². The molecule has 3 N–H and O–H groups in total. The Kier molecular flexibility index (Phi) is 5.17. The number of anilines is 2. The number of amides is 3. The highest BCUT2D eigenvalue weighted by Crippen LogP contribution is 2.32. The van der Waals surface area contributed by atoms with E-state index in [9.17, 15) is 14.0 Å². The molecule has 1 aliphatic rings. The first-order chi connectivity index (χ1) is 12.5.